The van der Waals surface area contributed by atoms with Gasteiger partial charge in [0.2, 0.25) is 5.88 Å². The lowest BCUT2D eigenvalue weighted by Crippen LogP contribution is -2.33. The Morgan fingerprint density at radius 3 is 2.29 bits per heavy atom. The maximum atomic E-state index is 11.0. The summed E-state index contributed by atoms with van der Waals surface area (Å²) >= 11 is 12.4. The van der Waals surface area contributed by atoms with Gasteiger partial charge in [0.05, 0.1) is 18.1 Å². The lowest BCUT2D eigenvalue weighted by molar-refractivity contribution is -0.138. The Labute approximate surface area is 216 Å². The molecule has 1 aliphatic rings. The summed E-state index contributed by atoms with van der Waals surface area (Å²) in [5.41, 5.74) is 2.51. The highest BCUT2D eigenvalue weighted by molar-refractivity contribution is 6.35. The Morgan fingerprint density at radius 2 is 1.69 bits per heavy atom. The minimum atomic E-state index is -0.728. The summed E-state index contributed by atoms with van der Waals surface area (Å²) in [5.74, 6) is 1.08. The van der Waals surface area contributed by atoms with Gasteiger partial charge in [0.1, 0.15) is 5.82 Å². The molecular formula is C26H30Cl2N4O3. The summed E-state index contributed by atoms with van der Waals surface area (Å²) in [4.78, 5) is 26.3. The average molecular weight is 517 g/mol. The molecule has 0 spiro atoms. The molecule has 1 aromatic carbocycles. The zero-order chi connectivity index (χ0) is 25.4. The van der Waals surface area contributed by atoms with Crippen LogP contribution in [0.25, 0.3) is 11.3 Å². The van der Waals surface area contributed by atoms with Crippen LogP contribution in [0.1, 0.15) is 44.5 Å². The van der Waals surface area contributed by atoms with Gasteiger partial charge in [-0.15, -0.1) is 0 Å². The smallest absolute Gasteiger partial charge is 0.303 e. The van der Waals surface area contributed by atoms with Crippen LogP contribution in [0.2, 0.25) is 10.0 Å². The maximum absolute atomic E-state index is 11.0. The zero-order valence-corrected chi connectivity index (χ0v) is 21.7. The molecule has 0 radical (unpaired) electrons. The van der Waals surface area contributed by atoms with Crippen molar-refractivity contribution >= 4 is 29.2 Å². The van der Waals surface area contributed by atoms with Crippen LogP contribution in [-0.2, 0) is 11.3 Å². The number of hydrogen-bond acceptors (Lipinski definition) is 6. The Morgan fingerprint density at radius 1 is 1.06 bits per heavy atom. The van der Waals surface area contributed by atoms with E-state index in [4.69, 9.17) is 33.0 Å². The lowest BCUT2D eigenvalue weighted by atomic mass is 9.93. The van der Waals surface area contributed by atoms with Crippen LogP contribution in [0.15, 0.2) is 42.7 Å². The molecule has 0 saturated carbocycles. The van der Waals surface area contributed by atoms with E-state index in [1.54, 1.807) is 18.5 Å². The van der Waals surface area contributed by atoms with Gasteiger partial charge in [-0.1, -0.05) is 37.0 Å². The van der Waals surface area contributed by atoms with Crippen LogP contribution in [0.4, 0.5) is 0 Å². The highest BCUT2D eigenvalue weighted by atomic mass is 35.5. The molecular weight excluding hydrogens is 487 g/mol. The number of carboxylic acids is 1. The molecule has 4 rings (SSSR count). The van der Waals surface area contributed by atoms with Gasteiger partial charge in [-0.2, -0.15) is 0 Å². The van der Waals surface area contributed by atoms with Crippen LogP contribution < -0.4 is 4.74 Å². The predicted octanol–water partition coefficient (Wildman–Crippen LogP) is 6.66. The molecule has 1 saturated heterocycles. The fourth-order valence-electron chi connectivity index (χ4n) is 3.96. The minimum absolute atomic E-state index is 0.235. The van der Waals surface area contributed by atoms with E-state index in [1.807, 2.05) is 45.0 Å². The Kier molecular flexibility index (Phi) is 9.83. The molecule has 3 aromatic rings. The number of benzene rings is 1. The monoisotopic (exact) mass is 516 g/mol. The number of carboxylic acid groups (broad SMARTS) is 1. The van der Waals surface area contributed by atoms with Crippen LogP contribution in [0.3, 0.4) is 0 Å². The van der Waals surface area contributed by atoms with E-state index in [0.29, 0.717) is 39.7 Å². The van der Waals surface area contributed by atoms with Crippen molar-refractivity contribution in [3.05, 3.63) is 64.2 Å². The Hall–Kier alpha value is -2.74. The number of aromatic nitrogens is 3. The molecule has 0 aliphatic carbocycles. The van der Waals surface area contributed by atoms with Crippen LogP contribution in [0, 0.1) is 12.8 Å². The standard InChI is InChI=1S/C24H24Cl2N4O3.C2H6/c1-15-27-12-21(13-28-15)33-23-7-17(14-30-4-2-16(3-5-30)8-24(31)32)6-22(29-23)18-9-19(25)11-20(26)10-18;1-2/h6-7,9-13,16H,2-5,8,14H2,1H3,(H,31,32);1-2H3. The number of nitrogens with zero attached hydrogens (tertiary/aromatic N) is 4. The number of halogens is 2. The van der Waals surface area contributed by atoms with E-state index in [2.05, 4.69) is 19.9 Å². The van der Waals surface area contributed by atoms with Crippen molar-refractivity contribution in [1.82, 2.24) is 19.9 Å². The highest BCUT2D eigenvalue weighted by Crippen LogP contribution is 2.30. The molecule has 1 N–H and O–H groups in total. The second-order valence-electron chi connectivity index (χ2n) is 8.24. The first kappa shape index (κ1) is 26.9. The van der Waals surface area contributed by atoms with E-state index in [0.717, 1.165) is 37.1 Å². The topological polar surface area (TPSA) is 88.4 Å². The lowest BCUT2D eigenvalue weighted by Gasteiger charge is -2.31. The number of piperidine rings is 1. The van der Waals surface area contributed by atoms with E-state index >= 15 is 0 Å². The van der Waals surface area contributed by atoms with E-state index in [-0.39, 0.29) is 12.3 Å². The van der Waals surface area contributed by atoms with Gasteiger partial charge in [0, 0.05) is 34.6 Å². The van der Waals surface area contributed by atoms with Crippen molar-refractivity contribution in [2.45, 2.75) is 46.6 Å². The number of hydrogen-bond donors (Lipinski definition) is 1. The number of pyridine rings is 1. The van der Waals surface area contributed by atoms with Gasteiger partial charge in [-0.3, -0.25) is 9.69 Å². The van der Waals surface area contributed by atoms with Gasteiger partial charge >= 0.3 is 5.97 Å². The van der Waals surface area contributed by atoms with Crippen LogP contribution >= 0.6 is 23.2 Å². The molecule has 0 unspecified atom stereocenters. The fraction of sp³-hybridized carbons (Fsp3) is 0.385. The molecule has 35 heavy (non-hydrogen) atoms. The fourth-order valence-corrected chi connectivity index (χ4v) is 4.49. The molecule has 1 aliphatic heterocycles. The van der Waals surface area contributed by atoms with Crippen molar-refractivity contribution in [3.8, 4) is 22.9 Å². The third-order valence-electron chi connectivity index (χ3n) is 5.58. The SMILES string of the molecule is CC.Cc1ncc(Oc2cc(CN3CCC(CC(=O)O)CC3)cc(-c3cc(Cl)cc(Cl)c3)n2)cn1. The molecule has 2 aromatic heterocycles. The molecule has 1 fully saturated rings. The summed E-state index contributed by atoms with van der Waals surface area (Å²) in [5, 5.41) is 10.1. The van der Waals surface area contributed by atoms with Gasteiger partial charge in [0.15, 0.2) is 5.75 Å². The van der Waals surface area contributed by atoms with Crippen molar-refractivity contribution in [3.63, 3.8) is 0 Å². The molecule has 7 nitrogen and oxygen atoms in total. The van der Waals surface area contributed by atoms with Crippen LogP contribution in [0.5, 0.6) is 11.6 Å². The number of rotatable bonds is 7. The first-order valence-electron chi connectivity index (χ1n) is 11.7. The van der Waals surface area contributed by atoms with Crippen molar-refractivity contribution in [2.75, 3.05) is 13.1 Å². The van der Waals surface area contributed by atoms with E-state index in [9.17, 15) is 4.79 Å². The van der Waals surface area contributed by atoms with Crippen LogP contribution in [-0.4, -0.2) is 44.0 Å². The second-order valence-corrected chi connectivity index (χ2v) is 9.12. The second kappa shape index (κ2) is 12.8. The molecule has 3 heterocycles. The number of aryl methyl sites for hydroxylation is 1. The first-order valence-corrected chi connectivity index (χ1v) is 12.5. The summed E-state index contributed by atoms with van der Waals surface area (Å²) in [6.45, 7) is 8.20. The Bertz CT molecular complexity index is 1110. The minimum Gasteiger partial charge on any atom is -0.481 e. The molecule has 9 heteroatoms. The van der Waals surface area contributed by atoms with Crippen molar-refractivity contribution in [1.29, 1.82) is 0 Å². The van der Waals surface area contributed by atoms with E-state index in [1.165, 1.54) is 0 Å². The van der Waals surface area contributed by atoms with Gasteiger partial charge in [0.25, 0.3) is 0 Å². The van der Waals surface area contributed by atoms with Gasteiger partial charge in [-0.25, -0.2) is 15.0 Å². The van der Waals surface area contributed by atoms with Crippen molar-refractivity contribution in [2.24, 2.45) is 5.92 Å². The summed E-state index contributed by atoms with van der Waals surface area (Å²) < 4.78 is 5.96. The third-order valence-corrected chi connectivity index (χ3v) is 6.01. The summed E-state index contributed by atoms with van der Waals surface area (Å²) in [7, 11) is 0. The zero-order valence-electron chi connectivity index (χ0n) is 20.2. The van der Waals surface area contributed by atoms with E-state index < -0.39 is 5.97 Å². The molecule has 0 atom stereocenters. The predicted molar refractivity (Wildman–Crippen MR) is 138 cm³/mol. The quantitative estimate of drug-likeness (QED) is 0.375. The number of ether oxygens (including phenoxy) is 1. The first-order chi connectivity index (χ1) is 16.8. The van der Waals surface area contributed by atoms with Gasteiger partial charge in [-0.05, 0) is 68.6 Å². The van der Waals surface area contributed by atoms with Crippen molar-refractivity contribution < 1.29 is 14.6 Å². The molecule has 0 amide bonds. The maximum Gasteiger partial charge on any atom is 0.303 e. The normalized spacial score (nSPS) is 14.2. The number of likely N-dealkylation sites (tertiary alicyclic amines) is 1. The molecule has 0 bridgehead atoms. The third kappa shape index (κ3) is 8.16. The average Bonchev–Trinajstić information content (AvgIpc) is 2.82. The van der Waals surface area contributed by atoms with Gasteiger partial charge < -0.3 is 9.84 Å². The summed E-state index contributed by atoms with van der Waals surface area (Å²) in [6, 6.07) is 9.22. The summed E-state index contributed by atoms with van der Waals surface area (Å²) in [6.07, 6.45) is 5.20. The number of carbonyl (C=O) groups is 1. The highest BCUT2D eigenvalue weighted by Gasteiger charge is 2.22. The Balaban J connectivity index is 0.00000167. The number of aliphatic carboxylic acids is 1. The molecule has 186 valence electrons. The largest absolute Gasteiger partial charge is 0.481 e.